The van der Waals surface area contributed by atoms with E-state index in [2.05, 4.69) is 35.8 Å². The summed E-state index contributed by atoms with van der Waals surface area (Å²) in [5.74, 6) is 3.19. The first-order chi connectivity index (χ1) is 11.0. The summed E-state index contributed by atoms with van der Waals surface area (Å²) < 4.78 is 1.95. The van der Waals surface area contributed by atoms with Crippen molar-refractivity contribution in [3.63, 3.8) is 0 Å². The van der Waals surface area contributed by atoms with Gasteiger partial charge in [0.25, 0.3) is 0 Å². The van der Waals surface area contributed by atoms with Crippen LogP contribution in [-0.2, 0) is 0 Å². The molecule has 2 heterocycles. The zero-order valence-electron chi connectivity index (χ0n) is 13.7. The average Bonchev–Trinajstić information content (AvgIpc) is 3.16. The summed E-state index contributed by atoms with van der Waals surface area (Å²) in [7, 11) is 0. The number of rotatable bonds is 2. The fourth-order valence-corrected chi connectivity index (χ4v) is 2.32. The zero-order chi connectivity index (χ0) is 16.4. The third kappa shape index (κ3) is 3.32. The van der Waals surface area contributed by atoms with Crippen molar-refractivity contribution in [2.45, 2.75) is 26.8 Å². The van der Waals surface area contributed by atoms with Crippen molar-refractivity contribution >= 4 is 11.4 Å². The van der Waals surface area contributed by atoms with Crippen LogP contribution in [0.2, 0.25) is 0 Å². The van der Waals surface area contributed by atoms with Crippen molar-refractivity contribution in [3.8, 4) is 12.0 Å². The highest BCUT2D eigenvalue weighted by molar-refractivity contribution is 5.52. The molecule has 0 radical (unpaired) electrons. The molecule has 1 aliphatic rings. The molecule has 0 fully saturated rings. The Labute approximate surface area is 137 Å². The van der Waals surface area contributed by atoms with Crippen molar-refractivity contribution < 1.29 is 0 Å². The predicted molar refractivity (Wildman–Crippen MR) is 93.4 cm³/mol. The summed E-state index contributed by atoms with van der Waals surface area (Å²) in [6, 6.07) is 9.32. The molecular weight excluding hydrogens is 286 g/mol. The lowest BCUT2D eigenvalue weighted by molar-refractivity contribution is 0.532. The Morgan fingerprint density at radius 3 is 2.83 bits per heavy atom. The highest BCUT2D eigenvalue weighted by Crippen LogP contribution is 2.19. The lowest BCUT2D eigenvalue weighted by atomic mass is 10.1. The molecule has 5 nitrogen and oxygen atoms in total. The van der Waals surface area contributed by atoms with E-state index in [4.69, 9.17) is 5.73 Å². The van der Waals surface area contributed by atoms with Gasteiger partial charge < -0.3 is 10.6 Å². The van der Waals surface area contributed by atoms with Gasteiger partial charge in [0.05, 0.1) is 11.9 Å². The molecule has 118 valence electrons. The van der Waals surface area contributed by atoms with Crippen molar-refractivity contribution in [2.24, 2.45) is 0 Å². The van der Waals surface area contributed by atoms with E-state index in [1.54, 1.807) is 0 Å². The average molecular weight is 307 g/mol. The number of aryl methyl sites for hydroxylation is 1. The summed E-state index contributed by atoms with van der Waals surface area (Å²) in [5, 5.41) is 4.37. The summed E-state index contributed by atoms with van der Waals surface area (Å²) >= 11 is 0. The molecule has 2 N–H and O–H groups in total. The molecule has 0 amide bonds. The molecule has 0 atom stereocenters. The predicted octanol–water partition coefficient (Wildman–Crippen LogP) is 2.91. The Bertz CT molecular complexity index is 791. The minimum absolute atomic E-state index is 0.359. The molecule has 0 saturated heterocycles. The fraction of sp³-hybridized carbons (Fsp3) is 0.278. The van der Waals surface area contributed by atoms with Gasteiger partial charge in [0, 0.05) is 41.9 Å². The fourth-order valence-electron chi connectivity index (χ4n) is 2.32. The number of nitrogen functional groups attached to an aromatic ring is 1. The van der Waals surface area contributed by atoms with Gasteiger partial charge in [-0.05, 0) is 44.4 Å². The van der Waals surface area contributed by atoms with Gasteiger partial charge in [-0.2, -0.15) is 5.10 Å². The van der Waals surface area contributed by atoms with E-state index < -0.39 is 0 Å². The van der Waals surface area contributed by atoms with Gasteiger partial charge in [-0.1, -0.05) is 6.07 Å². The molecular formula is C18H21N5. The normalized spacial score (nSPS) is 13.6. The highest BCUT2D eigenvalue weighted by atomic mass is 15.4. The van der Waals surface area contributed by atoms with E-state index in [-0.39, 0.29) is 0 Å². The maximum atomic E-state index is 5.82. The first-order valence-corrected chi connectivity index (χ1v) is 7.66. The minimum Gasteiger partial charge on any atom is -0.399 e. The highest BCUT2D eigenvalue weighted by Gasteiger charge is 2.14. The lowest BCUT2D eigenvalue weighted by Gasteiger charge is -2.15. The van der Waals surface area contributed by atoms with Crippen LogP contribution in [0.15, 0.2) is 43.0 Å². The first-order valence-electron chi connectivity index (χ1n) is 7.66. The molecule has 0 aliphatic carbocycles. The van der Waals surface area contributed by atoms with Gasteiger partial charge in [-0.3, -0.25) is 9.58 Å². The van der Waals surface area contributed by atoms with E-state index in [0.717, 1.165) is 22.5 Å². The van der Waals surface area contributed by atoms with Crippen LogP contribution < -0.4 is 10.6 Å². The summed E-state index contributed by atoms with van der Waals surface area (Å²) in [6.07, 6.45) is 7.92. The Morgan fingerprint density at radius 1 is 1.26 bits per heavy atom. The molecule has 2 aromatic rings. The Hall–Kier alpha value is -2.87. The third-order valence-corrected chi connectivity index (χ3v) is 3.78. The maximum absolute atomic E-state index is 5.82. The molecule has 1 aliphatic heterocycles. The maximum Gasteiger partial charge on any atom is 0.107 e. The Balaban J connectivity index is 1.70. The quantitative estimate of drug-likeness (QED) is 0.684. The lowest BCUT2D eigenvalue weighted by Crippen LogP contribution is -2.21. The van der Waals surface area contributed by atoms with Crippen LogP contribution in [0.25, 0.3) is 0 Å². The Kier molecular flexibility index (Phi) is 3.98. The van der Waals surface area contributed by atoms with E-state index >= 15 is 0 Å². The van der Waals surface area contributed by atoms with Gasteiger partial charge in [0.2, 0.25) is 0 Å². The van der Waals surface area contributed by atoms with Gasteiger partial charge >= 0.3 is 0 Å². The molecule has 1 aromatic carbocycles. The number of hydrogen-bond acceptors (Lipinski definition) is 4. The van der Waals surface area contributed by atoms with Gasteiger partial charge in [0.15, 0.2) is 0 Å². The van der Waals surface area contributed by atoms with E-state index in [9.17, 15) is 0 Å². The van der Waals surface area contributed by atoms with Crippen LogP contribution in [0.4, 0.5) is 11.4 Å². The monoisotopic (exact) mass is 307 g/mol. The number of anilines is 2. The van der Waals surface area contributed by atoms with Crippen LogP contribution in [0.5, 0.6) is 0 Å². The summed E-state index contributed by atoms with van der Waals surface area (Å²) in [6.45, 7) is 6.96. The second kappa shape index (κ2) is 6.09. The van der Waals surface area contributed by atoms with Crippen molar-refractivity contribution in [1.82, 2.24) is 14.7 Å². The smallest absolute Gasteiger partial charge is 0.107 e. The summed E-state index contributed by atoms with van der Waals surface area (Å²) in [4.78, 5) is 4.07. The SMILES string of the molecule is Cc1ccc(N)cc1C#CN1C=CN(c2cnn(C(C)C)c2)C1. The molecule has 0 unspecified atom stereocenters. The standard InChI is InChI=1S/C18H21N5/c1-14(2)23-12-18(11-20-23)22-9-8-21(13-22)7-6-16-10-17(19)5-4-15(16)3/h4-5,8-12,14H,13,19H2,1-3H3. The van der Waals surface area contributed by atoms with Crippen LogP contribution >= 0.6 is 0 Å². The van der Waals surface area contributed by atoms with Crippen molar-refractivity contribution in [3.05, 3.63) is 54.1 Å². The van der Waals surface area contributed by atoms with Crippen molar-refractivity contribution in [2.75, 3.05) is 17.3 Å². The molecule has 0 bridgehead atoms. The zero-order valence-corrected chi connectivity index (χ0v) is 13.7. The second-order valence-electron chi connectivity index (χ2n) is 5.96. The largest absolute Gasteiger partial charge is 0.399 e. The topological polar surface area (TPSA) is 50.3 Å². The first kappa shape index (κ1) is 15.0. The second-order valence-corrected chi connectivity index (χ2v) is 5.96. The van der Waals surface area contributed by atoms with Crippen LogP contribution in [0.3, 0.4) is 0 Å². The number of benzene rings is 1. The van der Waals surface area contributed by atoms with Gasteiger partial charge in [-0.25, -0.2) is 0 Å². The van der Waals surface area contributed by atoms with Crippen LogP contribution in [0.1, 0.15) is 31.0 Å². The van der Waals surface area contributed by atoms with E-state index in [1.165, 1.54) is 0 Å². The molecule has 23 heavy (non-hydrogen) atoms. The molecule has 0 spiro atoms. The van der Waals surface area contributed by atoms with Crippen molar-refractivity contribution in [1.29, 1.82) is 0 Å². The molecule has 1 aromatic heterocycles. The summed E-state index contributed by atoms with van der Waals surface area (Å²) in [5.41, 5.74) is 9.72. The van der Waals surface area contributed by atoms with Gasteiger partial charge in [0.1, 0.15) is 6.67 Å². The van der Waals surface area contributed by atoms with Gasteiger partial charge in [-0.15, -0.1) is 0 Å². The Morgan fingerprint density at radius 2 is 2.09 bits per heavy atom. The number of aromatic nitrogens is 2. The number of nitrogens with zero attached hydrogens (tertiary/aromatic N) is 4. The minimum atomic E-state index is 0.359. The third-order valence-electron chi connectivity index (χ3n) is 3.78. The van der Waals surface area contributed by atoms with Crippen LogP contribution in [-0.4, -0.2) is 21.3 Å². The number of nitrogens with two attached hydrogens (primary N) is 1. The molecule has 3 rings (SSSR count). The molecule has 5 heteroatoms. The van der Waals surface area contributed by atoms with Crippen LogP contribution in [0, 0.1) is 18.9 Å². The van der Waals surface area contributed by atoms with E-state index in [0.29, 0.717) is 12.7 Å². The number of hydrogen-bond donors (Lipinski definition) is 1. The van der Waals surface area contributed by atoms with E-state index in [1.807, 2.05) is 59.5 Å². The molecule has 0 saturated carbocycles.